The quantitative estimate of drug-likeness (QED) is 0.718. The van der Waals surface area contributed by atoms with Gasteiger partial charge in [0.05, 0.1) is 11.3 Å². The summed E-state index contributed by atoms with van der Waals surface area (Å²) in [6.07, 6.45) is 5.02. The van der Waals surface area contributed by atoms with Gasteiger partial charge >= 0.3 is 5.97 Å². The van der Waals surface area contributed by atoms with E-state index < -0.39 is 23.2 Å². The van der Waals surface area contributed by atoms with Crippen molar-refractivity contribution in [2.75, 3.05) is 23.9 Å². The number of unbranched alkanes of at least 4 members (excludes halogenated alkanes) is 2. The fourth-order valence-electron chi connectivity index (χ4n) is 1.62. The summed E-state index contributed by atoms with van der Waals surface area (Å²) in [4.78, 5) is 10.6. The van der Waals surface area contributed by atoms with E-state index in [1.807, 2.05) is 6.26 Å². The summed E-state index contributed by atoms with van der Waals surface area (Å²) in [5.41, 5.74) is -0.643. The summed E-state index contributed by atoms with van der Waals surface area (Å²) in [6, 6.07) is 2.32. The van der Waals surface area contributed by atoms with Crippen molar-refractivity contribution in [1.82, 2.24) is 0 Å². The van der Waals surface area contributed by atoms with Crippen molar-refractivity contribution < 1.29 is 18.7 Å². The molecular weight excluding hydrogens is 272 g/mol. The van der Waals surface area contributed by atoms with Crippen LogP contribution in [0.2, 0.25) is 0 Å². The maximum atomic E-state index is 13.5. The molecule has 106 valence electrons. The van der Waals surface area contributed by atoms with Crippen molar-refractivity contribution in [2.24, 2.45) is 0 Å². The van der Waals surface area contributed by atoms with E-state index in [1.54, 1.807) is 11.8 Å². The lowest BCUT2D eigenvalue weighted by Gasteiger charge is -2.09. The number of hydrogen-bond acceptors (Lipinski definition) is 3. The molecular formula is C13H17F2NO2S. The van der Waals surface area contributed by atoms with Crippen LogP contribution in [-0.4, -0.2) is 29.6 Å². The van der Waals surface area contributed by atoms with Gasteiger partial charge in [0.1, 0.15) is 0 Å². The Kier molecular flexibility index (Phi) is 6.62. The molecule has 3 nitrogen and oxygen atoms in total. The van der Waals surface area contributed by atoms with E-state index in [2.05, 4.69) is 5.32 Å². The number of aromatic carboxylic acids is 1. The summed E-state index contributed by atoms with van der Waals surface area (Å²) in [7, 11) is 0. The van der Waals surface area contributed by atoms with Gasteiger partial charge in [-0.25, -0.2) is 13.6 Å². The van der Waals surface area contributed by atoms with E-state index in [0.29, 0.717) is 6.54 Å². The standard InChI is InChI=1S/C13H17F2NO2S/c1-19-8-4-2-3-7-16-10-6-5-9(13(17)18)11(14)12(10)15/h5-6,16H,2-4,7-8H2,1H3,(H,17,18). The van der Waals surface area contributed by atoms with E-state index >= 15 is 0 Å². The number of carbonyl (C=O) groups is 1. The molecule has 2 N–H and O–H groups in total. The number of nitrogens with one attached hydrogen (secondary N) is 1. The smallest absolute Gasteiger partial charge is 0.338 e. The number of thioether (sulfide) groups is 1. The Hall–Kier alpha value is -1.30. The van der Waals surface area contributed by atoms with Gasteiger partial charge in [-0.15, -0.1) is 0 Å². The molecule has 0 bridgehead atoms. The second-order valence-corrected chi connectivity index (χ2v) is 5.06. The van der Waals surface area contributed by atoms with E-state index in [9.17, 15) is 13.6 Å². The number of anilines is 1. The number of hydrogen-bond donors (Lipinski definition) is 2. The molecule has 0 aliphatic rings. The Morgan fingerprint density at radius 1 is 1.26 bits per heavy atom. The van der Waals surface area contributed by atoms with Crippen molar-refractivity contribution in [1.29, 1.82) is 0 Å². The fourth-order valence-corrected chi connectivity index (χ4v) is 2.12. The molecule has 0 radical (unpaired) electrons. The van der Waals surface area contributed by atoms with Crippen molar-refractivity contribution >= 4 is 23.4 Å². The van der Waals surface area contributed by atoms with Crippen molar-refractivity contribution in [3.05, 3.63) is 29.3 Å². The van der Waals surface area contributed by atoms with Gasteiger partial charge in [0.15, 0.2) is 11.6 Å². The summed E-state index contributed by atoms with van der Waals surface area (Å²) in [5.74, 6) is -2.83. The van der Waals surface area contributed by atoms with Crippen LogP contribution in [0.4, 0.5) is 14.5 Å². The van der Waals surface area contributed by atoms with E-state index in [-0.39, 0.29) is 5.69 Å². The Balaban J connectivity index is 2.51. The third kappa shape index (κ3) is 4.70. The lowest BCUT2D eigenvalue weighted by molar-refractivity contribution is 0.0690. The molecule has 1 aromatic carbocycles. The average Bonchev–Trinajstić information content (AvgIpc) is 2.38. The first-order valence-electron chi connectivity index (χ1n) is 6.02. The zero-order valence-electron chi connectivity index (χ0n) is 10.7. The highest BCUT2D eigenvalue weighted by Crippen LogP contribution is 2.20. The fraction of sp³-hybridized carbons (Fsp3) is 0.462. The molecule has 0 fully saturated rings. The van der Waals surface area contributed by atoms with Crippen molar-refractivity contribution in [2.45, 2.75) is 19.3 Å². The Morgan fingerprint density at radius 2 is 2.00 bits per heavy atom. The SMILES string of the molecule is CSCCCCCNc1ccc(C(=O)O)c(F)c1F. The first kappa shape index (κ1) is 15.8. The van der Waals surface area contributed by atoms with Gasteiger partial charge in [0.2, 0.25) is 0 Å². The van der Waals surface area contributed by atoms with Crippen LogP contribution in [0.5, 0.6) is 0 Å². The monoisotopic (exact) mass is 289 g/mol. The molecule has 0 amide bonds. The van der Waals surface area contributed by atoms with E-state index in [0.717, 1.165) is 31.1 Å². The van der Waals surface area contributed by atoms with Gasteiger partial charge < -0.3 is 10.4 Å². The highest BCUT2D eigenvalue weighted by molar-refractivity contribution is 7.98. The van der Waals surface area contributed by atoms with Gasteiger partial charge in [-0.3, -0.25) is 0 Å². The second-order valence-electron chi connectivity index (χ2n) is 4.07. The highest BCUT2D eigenvalue weighted by Gasteiger charge is 2.17. The van der Waals surface area contributed by atoms with Crippen LogP contribution < -0.4 is 5.32 Å². The van der Waals surface area contributed by atoms with Gasteiger partial charge in [-0.2, -0.15) is 11.8 Å². The normalized spacial score (nSPS) is 10.5. The summed E-state index contributed by atoms with van der Waals surface area (Å²) in [5, 5.41) is 11.4. The van der Waals surface area contributed by atoms with Crippen LogP contribution in [0, 0.1) is 11.6 Å². The minimum absolute atomic E-state index is 0.00682. The molecule has 0 unspecified atom stereocenters. The van der Waals surface area contributed by atoms with Gasteiger partial charge in [0.25, 0.3) is 0 Å². The maximum absolute atomic E-state index is 13.5. The zero-order chi connectivity index (χ0) is 14.3. The minimum atomic E-state index is -1.47. The van der Waals surface area contributed by atoms with Gasteiger partial charge in [-0.05, 0) is 37.0 Å². The lowest BCUT2D eigenvalue weighted by atomic mass is 10.1. The van der Waals surface area contributed by atoms with Crippen LogP contribution in [0.15, 0.2) is 12.1 Å². The van der Waals surface area contributed by atoms with Crippen molar-refractivity contribution in [3.8, 4) is 0 Å². The Bertz CT molecular complexity index is 441. The average molecular weight is 289 g/mol. The molecule has 0 aliphatic heterocycles. The largest absolute Gasteiger partial charge is 0.478 e. The molecule has 0 saturated heterocycles. The number of carboxylic acids is 1. The molecule has 19 heavy (non-hydrogen) atoms. The number of benzene rings is 1. The van der Waals surface area contributed by atoms with Crippen molar-refractivity contribution in [3.63, 3.8) is 0 Å². The minimum Gasteiger partial charge on any atom is -0.478 e. The second kappa shape index (κ2) is 7.99. The third-order valence-electron chi connectivity index (χ3n) is 2.65. The van der Waals surface area contributed by atoms with Crippen LogP contribution in [-0.2, 0) is 0 Å². The predicted octanol–water partition coefficient (Wildman–Crippen LogP) is 3.61. The summed E-state index contributed by atoms with van der Waals surface area (Å²) < 4.78 is 26.9. The highest BCUT2D eigenvalue weighted by atomic mass is 32.2. The molecule has 0 spiro atoms. The molecule has 0 atom stereocenters. The molecule has 0 saturated carbocycles. The number of carboxylic acid groups (broad SMARTS) is 1. The first-order valence-corrected chi connectivity index (χ1v) is 7.41. The molecule has 6 heteroatoms. The predicted molar refractivity (Wildman–Crippen MR) is 74.0 cm³/mol. The molecule has 1 rings (SSSR count). The van der Waals surface area contributed by atoms with Crippen LogP contribution in [0.25, 0.3) is 0 Å². The molecule has 0 aliphatic carbocycles. The third-order valence-corrected chi connectivity index (χ3v) is 3.35. The van der Waals surface area contributed by atoms with E-state index in [4.69, 9.17) is 5.11 Å². The number of rotatable bonds is 8. The van der Waals surface area contributed by atoms with Crippen LogP contribution in [0.3, 0.4) is 0 Å². The lowest BCUT2D eigenvalue weighted by Crippen LogP contribution is -2.08. The Labute approximate surface area is 115 Å². The molecule has 0 aromatic heterocycles. The summed E-state index contributed by atoms with van der Waals surface area (Å²) >= 11 is 1.78. The van der Waals surface area contributed by atoms with Gasteiger partial charge in [-0.1, -0.05) is 6.42 Å². The van der Waals surface area contributed by atoms with Crippen LogP contribution >= 0.6 is 11.8 Å². The van der Waals surface area contributed by atoms with E-state index in [1.165, 1.54) is 6.07 Å². The first-order chi connectivity index (χ1) is 9.07. The number of halogens is 2. The maximum Gasteiger partial charge on any atom is 0.338 e. The van der Waals surface area contributed by atoms with Crippen LogP contribution in [0.1, 0.15) is 29.6 Å². The Morgan fingerprint density at radius 3 is 2.63 bits per heavy atom. The summed E-state index contributed by atoms with van der Waals surface area (Å²) in [6.45, 7) is 0.539. The molecule has 1 aromatic rings. The topological polar surface area (TPSA) is 49.3 Å². The molecule has 0 heterocycles. The van der Waals surface area contributed by atoms with Gasteiger partial charge in [0, 0.05) is 6.54 Å². The zero-order valence-corrected chi connectivity index (χ0v) is 11.5.